The van der Waals surface area contributed by atoms with Crippen LogP contribution >= 0.6 is 15.9 Å². The van der Waals surface area contributed by atoms with Gasteiger partial charge in [-0.3, -0.25) is 0 Å². The zero-order chi connectivity index (χ0) is 15.2. The van der Waals surface area contributed by atoms with Crippen LogP contribution in [-0.4, -0.2) is 6.54 Å². The van der Waals surface area contributed by atoms with Crippen molar-refractivity contribution in [2.75, 3.05) is 6.54 Å². The first kappa shape index (κ1) is 16.2. The summed E-state index contributed by atoms with van der Waals surface area (Å²) < 4.78 is 14.3. The highest BCUT2D eigenvalue weighted by Crippen LogP contribution is 2.26. The van der Waals surface area contributed by atoms with Gasteiger partial charge in [-0.2, -0.15) is 0 Å². The summed E-state index contributed by atoms with van der Waals surface area (Å²) in [5.74, 6) is -0.222. The van der Waals surface area contributed by atoms with Gasteiger partial charge in [0.2, 0.25) is 0 Å². The molecule has 0 aromatic heterocycles. The number of benzene rings is 2. The van der Waals surface area contributed by atoms with Gasteiger partial charge >= 0.3 is 0 Å². The molecule has 2 aromatic rings. The van der Waals surface area contributed by atoms with Gasteiger partial charge < -0.3 is 5.32 Å². The largest absolute Gasteiger partial charge is 0.307 e. The van der Waals surface area contributed by atoms with Gasteiger partial charge in [0.15, 0.2) is 0 Å². The van der Waals surface area contributed by atoms with Gasteiger partial charge in [0.25, 0.3) is 0 Å². The van der Waals surface area contributed by atoms with Crippen LogP contribution in [0.3, 0.4) is 0 Å². The third-order valence-corrected chi connectivity index (χ3v) is 4.15. The lowest BCUT2D eigenvalue weighted by atomic mass is 9.96. The number of hydrogen-bond acceptors (Lipinski definition) is 1. The van der Waals surface area contributed by atoms with E-state index in [0.717, 1.165) is 24.9 Å². The van der Waals surface area contributed by atoms with E-state index in [4.69, 9.17) is 0 Å². The van der Waals surface area contributed by atoms with Crippen LogP contribution in [0.1, 0.15) is 43.0 Å². The third kappa shape index (κ3) is 4.14. The molecule has 1 N–H and O–H groups in total. The first-order valence-corrected chi connectivity index (χ1v) is 8.22. The SMILES string of the molecule is CCCc1cccc(C(NCC)c2ccc(Br)c(F)c2)c1. The highest BCUT2D eigenvalue weighted by Gasteiger charge is 2.15. The fraction of sp³-hybridized carbons (Fsp3) is 0.333. The molecule has 1 unspecified atom stereocenters. The molecule has 112 valence electrons. The smallest absolute Gasteiger partial charge is 0.137 e. The molecule has 0 amide bonds. The first-order valence-electron chi connectivity index (χ1n) is 7.42. The molecule has 0 fully saturated rings. The molecule has 0 saturated heterocycles. The summed E-state index contributed by atoms with van der Waals surface area (Å²) in [6, 6.07) is 13.9. The predicted molar refractivity (Wildman–Crippen MR) is 90.1 cm³/mol. The summed E-state index contributed by atoms with van der Waals surface area (Å²) in [4.78, 5) is 0. The lowest BCUT2D eigenvalue weighted by Crippen LogP contribution is -2.22. The number of aryl methyl sites for hydroxylation is 1. The Bertz CT molecular complexity index is 598. The fourth-order valence-electron chi connectivity index (χ4n) is 2.54. The Hall–Kier alpha value is -1.19. The van der Waals surface area contributed by atoms with E-state index in [9.17, 15) is 4.39 Å². The summed E-state index contributed by atoms with van der Waals surface area (Å²) in [5.41, 5.74) is 3.46. The van der Waals surface area contributed by atoms with Gasteiger partial charge in [0.05, 0.1) is 10.5 Å². The number of hydrogen-bond donors (Lipinski definition) is 1. The average molecular weight is 350 g/mol. The van der Waals surface area contributed by atoms with Crippen molar-refractivity contribution in [1.29, 1.82) is 0 Å². The Balaban J connectivity index is 2.37. The molecule has 0 radical (unpaired) electrons. The quantitative estimate of drug-likeness (QED) is 0.751. The number of nitrogens with one attached hydrogen (secondary N) is 1. The predicted octanol–water partition coefficient (Wildman–Crippen LogP) is 5.24. The molecular formula is C18H21BrFN. The van der Waals surface area contributed by atoms with Crippen molar-refractivity contribution in [1.82, 2.24) is 5.32 Å². The van der Waals surface area contributed by atoms with Crippen molar-refractivity contribution in [2.24, 2.45) is 0 Å². The Morgan fingerprint density at radius 3 is 2.52 bits per heavy atom. The molecule has 1 atom stereocenters. The van der Waals surface area contributed by atoms with Crippen molar-refractivity contribution in [3.8, 4) is 0 Å². The van der Waals surface area contributed by atoms with Crippen LogP contribution < -0.4 is 5.32 Å². The molecule has 2 rings (SSSR count). The monoisotopic (exact) mass is 349 g/mol. The Morgan fingerprint density at radius 1 is 1.10 bits per heavy atom. The van der Waals surface area contributed by atoms with E-state index in [-0.39, 0.29) is 11.9 Å². The Kier molecular flexibility index (Phi) is 5.95. The van der Waals surface area contributed by atoms with Gasteiger partial charge in [-0.05, 0) is 57.7 Å². The number of halogens is 2. The highest BCUT2D eigenvalue weighted by atomic mass is 79.9. The zero-order valence-corrected chi connectivity index (χ0v) is 14.1. The van der Waals surface area contributed by atoms with Crippen LogP contribution in [0.5, 0.6) is 0 Å². The topological polar surface area (TPSA) is 12.0 Å². The van der Waals surface area contributed by atoms with E-state index in [0.29, 0.717) is 4.47 Å². The summed E-state index contributed by atoms with van der Waals surface area (Å²) >= 11 is 3.21. The molecule has 0 aliphatic rings. The summed E-state index contributed by atoms with van der Waals surface area (Å²) in [7, 11) is 0. The Labute approximate surface area is 134 Å². The van der Waals surface area contributed by atoms with E-state index in [1.165, 1.54) is 11.1 Å². The van der Waals surface area contributed by atoms with Gasteiger partial charge in [-0.25, -0.2) is 4.39 Å². The lowest BCUT2D eigenvalue weighted by molar-refractivity contribution is 0.598. The maximum Gasteiger partial charge on any atom is 0.137 e. The summed E-state index contributed by atoms with van der Waals surface area (Å²) in [6.45, 7) is 5.08. The molecule has 0 aliphatic carbocycles. The molecule has 0 saturated carbocycles. The van der Waals surface area contributed by atoms with E-state index < -0.39 is 0 Å². The summed E-state index contributed by atoms with van der Waals surface area (Å²) in [6.07, 6.45) is 2.20. The fourth-order valence-corrected chi connectivity index (χ4v) is 2.79. The third-order valence-electron chi connectivity index (χ3n) is 3.51. The van der Waals surface area contributed by atoms with Crippen molar-refractivity contribution < 1.29 is 4.39 Å². The second-order valence-electron chi connectivity index (χ2n) is 5.16. The summed E-state index contributed by atoms with van der Waals surface area (Å²) in [5, 5.41) is 3.45. The second kappa shape index (κ2) is 7.71. The average Bonchev–Trinajstić information content (AvgIpc) is 2.48. The molecule has 0 spiro atoms. The molecule has 1 nitrogen and oxygen atoms in total. The van der Waals surface area contributed by atoms with E-state index in [2.05, 4.69) is 59.4 Å². The Morgan fingerprint density at radius 2 is 1.86 bits per heavy atom. The normalized spacial score (nSPS) is 12.4. The van der Waals surface area contributed by atoms with Gasteiger partial charge in [0.1, 0.15) is 5.82 Å². The first-order chi connectivity index (χ1) is 10.2. The van der Waals surface area contributed by atoms with Gasteiger partial charge in [-0.15, -0.1) is 0 Å². The lowest BCUT2D eigenvalue weighted by Gasteiger charge is -2.20. The molecule has 0 heterocycles. The van der Waals surface area contributed by atoms with E-state index in [1.54, 1.807) is 12.1 Å². The maximum atomic E-state index is 13.8. The van der Waals surface area contributed by atoms with Crippen LogP contribution in [0.25, 0.3) is 0 Å². The van der Waals surface area contributed by atoms with Gasteiger partial charge in [-0.1, -0.05) is 50.6 Å². The molecular weight excluding hydrogens is 329 g/mol. The van der Waals surface area contributed by atoms with Crippen LogP contribution in [0.15, 0.2) is 46.9 Å². The van der Waals surface area contributed by atoms with Crippen molar-refractivity contribution >= 4 is 15.9 Å². The molecule has 2 aromatic carbocycles. The van der Waals surface area contributed by atoms with Crippen molar-refractivity contribution in [2.45, 2.75) is 32.7 Å². The van der Waals surface area contributed by atoms with Crippen LogP contribution in [0, 0.1) is 5.82 Å². The molecule has 3 heteroatoms. The van der Waals surface area contributed by atoms with Crippen LogP contribution in [-0.2, 0) is 6.42 Å². The molecule has 0 bridgehead atoms. The minimum Gasteiger partial charge on any atom is -0.307 e. The van der Waals surface area contributed by atoms with Crippen LogP contribution in [0.4, 0.5) is 4.39 Å². The number of rotatable bonds is 6. The standard InChI is InChI=1S/C18H21BrFN/c1-3-6-13-7-5-8-14(11-13)18(21-4-2)15-9-10-16(19)17(20)12-15/h5,7-12,18,21H,3-4,6H2,1-2H3. The molecule has 21 heavy (non-hydrogen) atoms. The van der Waals surface area contributed by atoms with Gasteiger partial charge in [0, 0.05) is 0 Å². The second-order valence-corrected chi connectivity index (χ2v) is 6.01. The van der Waals surface area contributed by atoms with E-state index >= 15 is 0 Å². The highest BCUT2D eigenvalue weighted by molar-refractivity contribution is 9.10. The van der Waals surface area contributed by atoms with E-state index in [1.807, 2.05) is 6.07 Å². The zero-order valence-electron chi connectivity index (χ0n) is 12.5. The maximum absolute atomic E-state index is 13.8. The molecule has 0 aliphatic heterocycles. The van der Waals surface area contributed by atoms with Crippen LogP contribution in [0.2, 0.25) is 0 Å². The van der Waals surface area contributed by atoms with Crippen molar-refractivity contribution in [3.05, 3.63) is 69.4 Å². The minimum atomic E-state index is -0.222. The van der Waals surface area contributed by atoms with Crippen molar-refractivity contribution in [3.63, 3.8) is 0 Å². The minimum absolute atomic E-state index is 0.0226.